The first-order chi connectivity index (χ1) is 8.63. The van der Waals surface area contributed by atoms with Crippen molar-refractivity contribution in [1.82, 2.24) is 4.90 Å². The highest BCUT2D eigenvalue weighted by Gasteiger charge is 2.32. The van der Waals surface area contributed by atoms with Gasteiger partial charge < -0.3 is 14.7 Å². The van der Waals surface area contributed by atoms with Gasteiger partial charge in [-0.25, -0.2) is 4.79 Å². The molecule has 0 radical (unpaired) electrons. The summed E-state index contributed by atoms with van der Waals surface area (Å²) in [6.07, 6.45) is 2.25. The van der Waals surface area contributed by atoms with Crippen LogP contribution in [-0.4, -0.2) is 41.6 Å². The lowest BCUT2D eigenvalue weighted by Crippen LogP contribution is -2.47. The van der Waals surface area contributed by atoms with E-state index in [4.69, 9.17) is 9.84 Å². The molecular weight excluding hydrogens is 254 g/mol. The topological polar surface area (TPSA) is 66.8 Å². The van der Waals surface area contributed by atoms with Crippen LogP contribution in [0.15, 0.2) is 11.4 Å². The summed E-state index contributed by atoms with van der Waals surface area (Å²) in [7, 11) is 1.54. The van der Waals surface area contributed by atoms with E-state index in [9.17, 15) is 9.59 Å². The average molecular weight is 269 g/mol. The monoisotopic (exact) mass is 269 g/mol. The van der Waals surface area contributed by atoms with Crippen molar-refractivity contribution >= 4 is 23.2 Å². The van der Waals surface area contributed by atoms with Crippen LogP contribution in [0.2, 0.25) is 0 Å². The van der Waals surface area contributed by atoms with Crippen LogP contribution < -0.4 is 4.74 Å². The first kappa shape index (κ1) is 12.9. The number of rotatable bonds is 3. The van der Waals surface area contributed by atoms with Gasteiger partial charge in [0.2, 0.25) is 0 Å². The molecule has 6 heteroatoms. The largest absolute Gasteiger partial charge is 0.496 e. The lowest BCUT2D eigenvalue weighted by Gasteiger charge is -2.32. The second kappa shape index (κ2) is 5.39. The Kier molecular flexibility index (Phi) is 3.86. The minimum Gasteiger partial charge on any atom is -0.496 e. The number of carbonyl (C=O) groups is 2. The Bertz CT molecular complexity index is 457. The molecule has 1 aromatic heterocycles. The van der Waals surface area contributed by atoms with Crippen LogP contribution in [-0.2, 0) is 4.79 Å². The second-order valence-corrected chi connectivity index (χ2v) is 5.11. The minimum atomic E-state index is -0.924. The van der Waals surface area contributed by atoms with Gasteiger partial charge in [0, 0.05) is 18.0 Å². The van der Waals surface area contributed by atoms with Crippen molar-refractivity contribution < 1.29 is 19.4 Å². The Hall–Kier alpha value is -1.56. The van der Waals surface area contributed by atoms with E-state index in [0.29, 0.717) is 23.6 Å². The summed E-state index contributed by atoms with van der Waals surface area (Å²) in [4.78, 5) is 25.4. The smallest absolute Gasteiger partial charge is 0.326 e. The highest BCUT2D eigenvalue weighted by atomic mass is 32.1. The summed E-state index contributed by atoms with van der Waals surface area (Å²) < 4.78 is 5.03. The molecule has 1 atom stereocenters. The SMILES string of the molecule is COc1csc(C(=O)N2CCCCC2C(=O)O)c1. The molecule has 0 spiro atoms. The van der Waals surface area contributed by atoms with Crippen molar-refractivity contribution in [2.45, 2.75) is 25.3 Å². The summed E-state index contributed by atoms with van der Waals surface area (Å²) in [6, 6.07) is 0.958. The number of thiophene rings is 1. The van der Waals surface area contributed by atoms with E-state index in [-0.39, 0.29) is 5.91 Å². The lowest BCUT2D eigenvalue weighted by atomic mass is 10.0. The fourth-order valence-electron chi connectivity index (χ4n) is 2.11. The van der Waals surface area contributed by atoms with Gasteiger partial charge >= 0.3 is 5.97 Å². The predicted octanol–water partition coefficient (Wildman–Crippen LogP) is 1.84. The number of nitrogens with zero attached hydrogens (tertiary/aromatic N) is 1. The second-order valence-electron chi connectivity index (χ2n) is 4.20. The van der Waals surface area contributed by atoms with Crippen molar-refractivity contribution in [3.63, 3.8) is 0 Å². The zero-order chi connectivity index (χ0) is 13.1. The fourth-order valence-corrected chi connectivity index (χ4v) is 2.92. The third-order valence-corrected chi connectivity index (χ3v) is 3.97. The summed E-state index contributed by atoms with van der Waals surface area (Å²) >= 11 is 1.28. The molecule has 1 aliphatic rings. The molecule has 1 N–H and O–H groups in total. The van der Waals surface area contributed by atoms with Crippen LogP contribution >= 0.6 is 11.3 Å². The maximum atomic E-state index is 12.3. The van der Waals surface area contributed by atoms with Crippen LogP contribution in [0.25, 0.3) is 0 Å². The van der Waals surface area contributed by atoms with Crippen molar-refractivity contribution in [1.29, 1.82) is 0 Å². The Labute approximate surface area is 109 Å². The average Bonchev–Trinajstić information content (AvgIpc) is 2.86. The number of likely N-dealkylation sites (tertiary alicyclic amines) is 1. The summed E-state index contributed by atoms with van der Waals surface area (Å²) in [6.45, 7) is 0.510. The number of hydrogen-bond acceptors (Lipinski definition) is 4. The number of carboxylic acid groups (broad SMARTS) is 1. The van der Waals surface area contributed by atoms with E-state index < -0.39 is 12.0 Å². The Morgan fingerprint density at radius 2 is 2.28 bits per heavy atom. The highest BCUT2D eigenvalue weighted by molar-refractivity contribution is 7.12. The van der Waals surface area contributed by atoms with Crippen molar-refractivity contribution in [3.05, 3.63) is 16.3 Å². The van der Waals surface area contributed by atoms with Gasteiger partial charge in [0.25, 0.3) is 5.91 Å². The molecule has 0 aromatic carbocycles. The molecule has 1 aromatic rings. The van der Waals surface area contributed by atoms with E-state index in [1.807, 2.05) is 0 Å². The number of amides is 1. The molecule has 0 saturated carbocycles. The maximum absolute atomic E-state index is 12.3. The fraction of sp³-hybridized carbons (Fsp3) is 0.500. The van der Waals surface area contributed by atoms with Crippen LogP contribution in [0.1, 0.15) is 28.9 Å². The van der Waals surface area contributed by atoms with Gasteiger partial charge in [-0.2, -0.15) is 0 Å². The van der Waals surface area contributed by atoms with Gasteiger partial charge in [-0.05, 0) is 19.3 Å². The molecule has 0 bridgehead atoms. The van der Waals surface area contributed by atoms with Crippen molar-refractivity contribution in [2.75, 3.05) is 13.7 Å². The number of carbonyl (C=O) groups excluding carboxylic acids is 1. The maximum Gasteiger partial charge on any atom is 0.326 e. The molecule has 2 rings (SSSR count). The van der Waals surface area contributed by atoms with Crippen LogP contribution in [0.4, 0.5) is 0 Å². The quantitative estimate of drug-likeness (QED) is 0.909. The van der Waals surface area contributed by atoms with Gasteiger partial charge in [-0.15, -0.1) is 11.3 Å². The van der Waals surface area contributed by atoms with E-state index in [0.717, 1.165) is 12.8 Å². The van der Waals surface area contributed by atoms with Crippen molar-refractivity contribution in [2.24, 2.45) is 0 Å². The predicted molar refractivity (Wildman–Crippen MR) is 67.2 cm³/mol. The number of ether oxygens (including phenoxy) is 1. The lowest BCUT2D eigenvalue weighted by molar-refractivity contribution is -0.143. The Morgan fingerprint density at radius 3 is 2.89 bits per heavy atom. The van der Waals surface area contributed by atoms with Crippen LogP contribution in [0, 0.1) is 0 Å². The van der Waals surface area contributed by atoms with Gasteiger partial charge in [-0.3, -0.25) is 4.79 Å². The molecule has 98 valence electrons. The molecule has 0 aliphatic carbocycles. The first-order valence-corrected chi connectivity index (χ1v) is 6.67. The van der Waals surface area contributed by atoms with E-state index in [1.165, 1.54) is 23.3 Å². The number of hydrogen-bond donors (Lipinski definition) is 1. The summed E-state index contributed by atoms with van der Waals surface area (Å²) in [5.41, 5.74) is 0. The van der Waals surface area contributed by atoms with E-state index >= 15 is 0 Å². The molecule has 1 aliphatic heterocycles. The Morgan fingerprint density at radius 1 is 1.50 bits per heavy atom. The third-order valence-electron chi connectivity index (χ3n) is 3.07. The normalized spacial score (nSPS) is 19.6. The highest BCUT2D eigenvalue weighted by Crippen LogP contribution is 2.26. The van der Waals surface area contributed by atoms with Crippen LogP contribution in [0.5, 0.6) is 5.75 Å². The summed E-state index contributed by atoms with van der Waals surface area (Å²) in [5.74, 6) is -0.505. The van der Waals surface area contributed by atoms with Crippen molar-refractivity contribution in [3.8, 4) is 5.75 Å². The molecule has 5 nitrogen and oxygen atoms in total. The van der Waals surface area contributed by atoms with E-state index in [2.05, 4.69) is 0 Å². The number of aliphatic carboxylic acids is 1. The summed E-state index contributed by atoms with van der Waals surface area (Å²) in [5, 5.41) is 10.9. The standard InChI is InChI=1S/C12H15NO4S/c1-17-8-6-10(18-7-8)11(14)13-5-3-2-4-9(13)12(15)16/h6-7,9H,2-5H2,1H3,(H,15,16). The minimum absolute atomic E-state index is 0.213. The van der Waals surface area contributed by atoms with Gasteiger partial charge in [0.15, 0.2) is 0 Å². The Balaban J connectivity index is 2.17. The molecule has 2 heterocycles. The zero-order valence-corrected chi connectivity index (χ0v) is 10.9. The molecule has 18 heavy (non-hydrogen) atoms. The van der Waals surface area contributed by atoms with E-state index in [1.54, 1.807) is 11.4 Å². The van der Waals surface area contributed by atoms with Gasteiger partial charge in [0.05, 0.1) is 12.0 Å². The van der Waals surface area contributed by atoms with Gasteiger partial charge in [-0.1, -0.05) is 0 Å². The van der Waals surface area contributed by atoms with Crippen LogP contribution in [0.3, 0.4) is 0 Å². The third kappa shape index (κ3) is 2.48. The molecular formula is C12H15NO4S. The molecule has 1 fully saturated rings. The van der Waals surface area contributed by atoms with Gasteiger partial charge in [0.1, 0.15) is 11.8 Å². The molecule has 1 unspecified atom stereocenters. The zero-order valence-electron chi connectivity index (χ0n) is 10.1. The number of methoxy groups -OCH3 is 1. The number of carboxylic acids is 1. The molecule has 1 amide bonds. The molecule has 1 saturated heterocycles. The number of piperidine rings is 1. The first-order valence-electron chi connectivity index (χ1n) is 5.80.